The van der Waals surface area contributed by atoms with Gasteiger partial charge in [-0.05, 0) is 32.0 Å². The highest BCUT2D eigenvalue weighted by molar-refractivity contribution is 5.77. The van der Waals surface area contributed by atoms with Crippen molar-refractivity contribution in [3.05, 3.63) is 71.4 Å². The molecule has 4 aromatic rings. The van der Waals surface area contributed by atoms with Gasteiger partial charge >= 0.3 is 0 Å². The minimum Gasteiger partial charge on any atom is -0.474 e. The second-order valence-electron chi connectivity index (χ2n) is 8.57. The van der Waals surface area contributed by atoms with Crippen molar-refractivity contribution in [2.24, 2.45) is 0 Å². The van der Waals surface area contributed by atoms with Crippen LogP contribution >= 0.6 is 0 Å². The van der Waals surface area contributed by atoms with Gasteiger partial charge in [-0.1, -0.05) is 12.1 Å². The van der Waals surface area contributed by atoms with Gasteiger partial charge in [-0.25, -0.2) is 14.3 Å². The predicted molar refractivity (Wildman–Crippen MR) is 134 cm³/mol. The summed E-state index contributed by atoms with van der Waals surface area (Å²) >= 11 is 0. The van der Waals surface area contributed by atoms with Crippen LogP contribution in [0, 0.1) is 11.3 Å². The quantitative estimate of drug-likeness (QED) is 0.395. The normalized spacial score (nSPS) is 14.4. The molecule has 1 saturated heterocycles. The summed E-state index contributed by atoms with van der Waals surface area (Å²) in [4.78, 5) is 33.1. The number of likely N-dealkylation sites (tertiary alicyclic amines) is 1. The number of anilines is 2. The van der Waals surface area contributed by atoms with Gasteiger partial charge in [0.15, 0.2) is 11.5 Å². The Bertz CT molecular complexity index is 1510. The molecule has 1 aliphatic heterocycles. The van der Waals surface area contributed by atoms with E-state index in [1.807, 2.05) is 12.1 Å². The number of hydrogen-bond donors (Lipinski definition) is 1. The number of nitrogens with zero attached hydrogens (tertiary/aromatic N) is 8. The van der Waals surface area contributed by atoms with E-state index in [1.54, 1.807) is 29.1 Å². The first-order valence-corrected chi connectivity index (χ1v) is 11.6. The Balaban J connectivity index is 1.54. The fourth-order valence-corrected chi connectivity index (χ4v) is 4.17. The first-order chi connectivity index (χ1) is 17.6. The maximum absolute atomic E-state index is 13.2. The van der Waals surface area contributed by atoms with Crippen LogP contribution in [0.3, 0.4) is 0 Å². The highest BCUT2D eigenvalue weighted by atomic mass is 16.5. The number of aromatic nitrogens is 6. The van der Waals surface area contributed by atoms with Crippen LogP contribution in [0.2, 0.25) is 0 Å². The van der Waals surface area contributed by atoms with E-state index in [0.717, 1.165) is 25.9 Å². The number of fused-ring (bicyclic) bond motifs is 1. The third-order valence-electron chi connectivity index (χ3n) is 5.98. The number of hydrogen-bond acceptors (Lipinski definition) is 9. The minimum absolute atomic E-state index is 0.0941. The Morgan fingerprint density at radius 2 is 2.08 bits per heavy atom. The lowest BCUT2D eigenvalue weighted by atomic mass is 10.1. The smallest absolute Gasteiger partial charge is 0.278 e. The van der Waals surface area contributed by atoms with Crippen molar-refractivity contribution in [3.63, 3.8) is 0 Å². The standard InChI is InChI=1S/C25H25N9O2/c1-3-9-33-24(35)20-16-28-25(29-18-12-17(13-26)14-27-15-18)31-23(20)34(33)21-5-4-6-22(30-21)36-19-7-10-32(2)11-8-19/h3-6,12,14-16,19H,1,7-11H2,2H3,(H,28,29,31). The molecule has 0 amide bonds. The van der Waals surface area contributed by atoms with Gasteiger partial charge in [-0.2, -0.15) is 15.2 Å². The number of piperidine rings is 1. The number of pyridine rings is 2. The Hall–Kier alpha value is -4.56. The molecule has 0 aromatic carbocycles. The summed E-state index contributed by atoms with van der Waals surface area (Å²) in [5.74, 6) is 1.24. The highest BCUT2D eigenvalue weighted by Crippen LogP contribution is 2.21. The van der Waals surface area contributed by atoms with Crippen molar-refractivity contribution < 1.29 is 4.74 Å². The largest absolute Gasteiger partial charge is 0.474 e. The van der Waals surface area contributed by atoms with E-state index in [1.165, 1.54) is 17.1 Å². The lowest BCUT2D eigenvalue weighted by molar-refractivity contribution is 0.110. The maximum Gasteiger partial charge on any atom is 0.278 e. The van der Waals surface area contributed by atoms with E-state index in [4.69, 9.17) is 15.0 Å². The summed E-state index contributed by atoms with van der Waals surface area (Å²) in [5, 5.41) is 12.5. The highest BCUT2D eigenvalue weighted by Gasteiger charge is 2.21. The van der Waals surface area contributed by atoms with Crippen LogP contribution in [-0.4, -0.2) is 60.4 Å². The van der Waals surface area contributed by atoms with E-state index in [9.17, 15) is 4.79 Å². The van der Waals surface area contributed by atoms with Gasteiger partial charge in [0.2, 0.25) is 11.8 Å². The van der Waals surface area contributed by atoms with Gasteiger partial charge in [-0.15, -0.1) is 6.58 Å². The van der Waals surface area contributed by atoms with E-state index in [-0.39, 0.29) is 24.2 Å². The molecule has 1 aliphatic rings. The summed E-state index contributed by atoms with van der Waals surface area (Å²) in [6.45, 7) is 6.00. The molecule has 0 unspecified atom stereocenters. The number of allylic oxidation sites excluding steroid dienone is 1. The van der Waals surface area contributed by atoms with Gasteiger partial charge in [-0.3, -0.25) is 9.78 Å². The molecule has 0 aliphatic carbocycles. The lowest BCUT2D eigenvalue weighted by Gasteiger charge is -2.29. The fraction of sp³-hybridized carbons (Fsp3) is 0.280. The van der Waals surface area contributed by atoms with Crippen molar-refractivity contribution in [2.75, 3.05) is 25.5 Å². The van der Waals surface area contributed by atoms with Crippen molar-refractivity contribution in [1.29, 1.82) is 5.26 Å². The average molecular weight is 484 g/mol. The second-order valence-corrected chi connectivity index (χ2v) is 8.57. The topological polar surface area (TPSA) is 127 Å². The molecular formula is C25H25N9O2. The van der Waals surface area contributed by atoms with Crippen molar-refractivity contribution >= 4 is 22.7 Å². The first kappa shape index (κ1) is 23.2. The lowest BCUT2D eigenvalue weighted by Crippen LogP contribution is -2.35. The minimum atomic E-state index is -0.256. The molecule has 11 heteroatoms. The molecule has 1 fully saturated rings. The van der Waals surface area contributed by atoms with Crippen LogP contribution in [0.15, 0.2) is 60.3 Å². The summed E-state index contributed by atoms with van der Waals surface area (Å²) in [5.41, 5.74) is 1.08. The molecular weight excluding hydrogens is 458 g/mol. The van der Waals surface area contributed by atoms with Gasteiger partial charge < -0.3 is 15.0 Å². The van der Waals surface area contributed by atoms with E-state index < -0.39 is 0 Å². The average Bonchev–Trinajstić information content (AvgIpc) is 3.16. The molecule has 0 saturated carbocycles. The van der Waals surface area contributed by atoms with Crippen LogP contribution in [-0.2, 0) is 6.54 Å². The summed E-state index contributed by atoms with van der Waals surface area (Å²) < 4.78 is 9.33. The predicted octanol–water partition coefficient (Wildman–Crippen LogP) is 2.65. The zero-order valence-electron chi connectivity index (χ0n) is 19.8. The van der Waals surface area contributed by atoms with E-state index >= 15 is 0 Å². The molecule has 0 bridgehead atoms. The second kappa shape index (κ2) is 9.97. The third-order valence-corrected chi connectivity index (χ3v) is 5.98. The molecule has 5 rings (SSSR count). The molecule has 11 nitrogen and oxygen atoms in total. The van der Waals surface area contributed by atoms with Crippen molar-refractivity contribution in [1.82, 2.24) is 34.2 Å². The van der Waals surface area contributed by atoms with Crippen LogP contribution in [0.25, 0.3) is 16.9 Å². The molecule has 1 N–H and O–H groups in total. The number of nitriles is 1. The molecule has 182 valence electrons. The van der Waals surface area contributed by atoms with Gasteiger partial charge in [0.1, 0.15) is 17.6 Å². The Kier molecular flexibility index (Phi) is 6.42. The summed E-state index contributed by atoms with van der Waals surface area (Å²) in [6.07, 6.45) is 8.10. The Morgan fingerprint density at radius 3 is 2.86 bits per heavy atom. The zero-order valence-corrected chi connectivity index (χ0v) is 19.8. The molecule has 0 spiro atoms. The molecule has 4 aromatic heterocycles. The van der Waals surface area contributed by atoms with Crippen molar-refractivity contribution in [3.8, 4) is 17.8 Å². The zero-order chi connectivity index (χ0) is 25.1. The van der Waals surface area contributed by atoms with E-state index in [0.29, 0.717) is 34.0 Å². The number of ether oxygens (including phenoxy) is 1. The molecule has 0 atom stereocenters. The third kappa shape index (κ3) is 4.67. The SMILES string of the molecule is C=CCn1c(=O)c2cnc(Nc3cncc(C#N)c3)nc2n1-c1cccc(OC2CCN(C)CC2)n1. The van der Waals surface area contributed by atoms with Crippen LogP contribution < -0.4 is 15.6 Å². The Labute approximate surface area is 207 Å². The molecule has 5 heterocycles. The van der Waals surface area contributed by atoms with Gasteiger partial charge in [0.05, 0.1) is 24.0 Å². The number of nitrogens with one attached hydrogen (secondary N) is 1. The Morgan fingerprint density at radius 1 is 1.25 bits per heavy atom. The first-order valence-electron chi connectivity index (χ1n) is 11.6. The van der Waals surface area contributed by atoms with E-state index in [2.05, 4.69) is 44.9 Å². The van der Waals surface area contributed by atoms with Crippen LogP contribution in [0.4, 0.5) is 11.6 Å². The van der Waals surface area contributed by atoms with Gasteiger partial charge in [0, 0.05) is 31.5 Å². The fourth-order valence-electron chi connectivity index (χ4n) is 4.17. The monoisotopic (exact) mass is 483 g/mol. The van der Waals surface area contributed by atoms with Gasteiger partial charge in [0.25, 0.3) is 5.56 Å². The maximum atomic E-state index is 13.2. The summed E-state index contributed by atoms with van der Waals surface area (Å²) in [7, 11) is 2.10. The summed E-state index contributed by atoms with van der Waals surface area (Å²) in [6, 6.07) is 9.16. The van der Waals surface area contributed by atoms with Crippen LogP contribution in [0.1, 0.15) is 18.4 Å². The molecule has 36 heavy (non-hydrogen) atoms. The van der Waals surface area contributed by atoms with Crippen LogP contribution in [0.5, 0.6) is 5.88 Å². The number of rotatable bonds is 7. The molecule has 0 radical (unpaired) electrons. The van der Waals surface area contributed by atoms with Crippen molar-refractivity contribution in [2.45, 2.75) is 25.5 Å².